The van der Waals surface area contributed by atoms with E-state index in [-0.39, 0.29) is 5.41 Å². The van der Waals surface area contributed by atoms with Gasteiger partial charge in [0.2, 0.25) is 0 Å². The van der Waals surface area contributed by atoms with Gasteiger partial charge < -0.3 is 0 Å². The molecule has 1 aromatic rings. The van der Waals surface area contributed by atoms with E-state index in [2.05, 4.69) is 31.0 Å². The van der Waals surface area contributed by atoms with E-state index >= 15 is 0 Å². The number of aromatic nitrogens is 2. The first-order valence-electron chi connectivity index (χ1n) is 3.31. The third-order valence-corrected chi connectivity index (χ3v) is 2.43. The van der Waals surface area contributed by atoms with Gasteiger partial charge in [0, 0.05) is 5.41 Å². The topological polar surface area (TPSA) is 25.8 Å². The van der Waals surface area contributed by atoms with E-state index in [4.69, 9.17) is 0 Å². The van der Waals surface area contributed by atoms with Gasteiger partial charge in [-0.25, -0.2) is 0 Å². The Hall–Kier alpha value is -0.440. The Bertz CT molecular complexity index is 222. The number of nitrogens with zero attached hydrogens (tertiary/aromatic N) is 2. The van der Waals surface area contributed by atoms with Crippen LogP contribution in [0.25, 0.3) is 0 Å². The monoisotopic (exact) mass is 156 g/mol. The Morgan fingerprint density at radius 3 is 2.00 bits per heavy atom. The largest absolute Gasteiger partial charge is 0.144 e. The van der Waals surface area contributed by atoms with Crippen LogP contribution in [0.1, 0.15) is 30.8 Å². The Labute approximate surface area is 65.3 Å². The van der Waals surface area contributed by atoms with Gasteiger partial charge in [0.1, 0.15) is 10.0 Å². The quantitative estimate of drug-likeness (QED) is 0.575. The Morgan fingerprint density at radius 1 is 1.20 bits per heavy atom. The van der Waals surface area contributed by atoms with Crippen LogP contribution >= 0.6 is 11.3 Å². The van der Waals surface area contributed by atoms with Crippen LogP contribution in [-0.2, 0) is 5.41 Å². The Morgan fingerprint density at radius 2 is 1.80 bits per heavy atom. The van der Waals surface area contributed by atoms with Gasteiger partial charge >= 0.3 is 0 Å². The lowest BCUT2D eigenvalue weighted by Crippen LogP contribution is -2.10. The first-order valence-corrected chi connectivity index (χ1v) is 4.12. The van der Waals surface area contributed by atoms with Crippen LogP contribution in [0.3, 0.4) is 0 Å². The van der Waals surface area contributed by atoms with Crippen molar-refractivity contribution in [2.24, 2.45) is 0 Å². The lowest BCUT2D eigenvalue weighted by Gasteiger charge is -2.12. The maximum atomic E-state index is 4.06. The van der Waals surface area contributed by atoms with Crippen LogP contribution in [0, 0.1) is 6.92 Å². The summed E-state index contributed by atoms with van der Waals surface area (Å²) in [6.45, 7) is 8.42. The molecule has 0 aromatic carbocycles. The van der Waals surface area contributed by atoms with E-state index in [0.29, 0.717) is 0 Å². The van der Waals surface area contributed by atoms with Gasteiger partial charge in [0.05, 0.1) is 0 Å². The van der Waals surface area contributed by atoms with Crippen molar-refractivity contribution in [3.05, 3.63) is 10.0 Å². The fourth-order valence-electron chi connectivity index (χ4n) is 0.600. The van der Waals surface area contributed by atoms with Crippen molar-refractivity contribution in [3.8, 4) is 0 Å². The molecule has 0 radical (unpaired) electrons. The van der Waals surface area contributed by atoms with Crippen molar-refractivity contribution in [1.29, 1.82) is 0 Å². The van der Waals surface area contributed by atoms with Gasteiger partial charge in [-0.2, -0.15) is 0 Å². The molecule has 0 N–H and O–H groups in total. The minimum Gasteiger partial charge on any atom is -0.144 e. The van der Waals surface area contributed by atoms with Crippen LogP contribution in [0.15, 0.2) is 0 Å². The molecule has 0 unspecified atom stereocenters. The Balaban J connectivity index is 2.96. The molecule has 0 saturated heterocycles. The summed E-state index contributed by atoms with van der Waals surface area (Å²) in [4.78, 5) is 0. The van der Waals surface area contributed by atoms with E-state index in [1.54, 1.807) is 11.3 Å². The van der Waals surface area contributed by atoms with Crippen LogP contribution in [0.5, 0.6) is 0 Å². The van der Waals surface area contributed by atoms with Crippen molar-refractivity contribution in [2.45, 2.75) is 33.1 Å². The number of aryl methyl sites for hydroxylation is 1. The van der Waals surface area contributed by atoms with Gasteiger partial charge in [-0.1, -0.05) is 20.8 Å². The zero-order valence-corrected chi connectivity index (χ0v) is 7.62. The maximum absolute atomic E-state index is 4.06. The van der Waals surface area contributed by atoms with E-state index in [1.165, 1.54) is 0 Å². The van der Waals surface area contributed by atoms with Gasteiger partial charge in [-0.05, 0) is 6.92 Å². The molecule has 0 spiro atoms. The predicted molar refractivity (Wildman–Crippen MR) is 43.3 cm³/mol. The molecule has 0 fully saturated rings. The van der Waals surface area contributed by atoms with Crippen LogP contribution in [-0.4, -0.2) is 10.2 Å². The second-order valence-corrected chi connectivity index (χ2v) is 4.56. The summed E-state index contributed by atoms with van der Waals surface area (Å²) in [5.74, 6) is 0. The minimum absolute atomic E-state index is 0.159. The molecule has 1 rings (SSSR count). The standard InChI is InChI=1S/C7H12N2S/c1-5-8-9-6(10-5)7(2,3)4/h1-4H3. The van der Waals surface area contributed by atoms with E-state index in [0.717, 1.165) is 10.0 Å². The molecular formula is C7H12N2S. The van der Waals surface area contributed by atoms with E-state index < -0.39 is 0 Å². The molecule has 2 nitrogen and oxygen atoms in total. The van der Waals surface area contributed by atoms with Crippen molar-refractivity contribution in [1.82, 2.24) is 10.2 Å². The van der Waals surface area contributed by atoms with Crippen molar-refractivity contribution < 1.29 is 0 Å². The van der Waals surface area contributed by atoms with Crippen LogP contribution in [0.2, 0.25) is 0 Å². The highest BCUT2D eigenvalue weighted by Crippen LogP contribution is 2.24. The smallest absolute Gasteiger partial charge is 0.122 e. The molecular weight excluding hydrogens is 144 g/mol. The van der Waals surface area contributed by atoms with E-state index in [1.807, 2.05) is 6.92 Å². The van der Waals surface area contributed by atoms with Crippen molar-refractivity contribution in [3.63, 3.8) is 0 Å². The minimum atomic E-state index is 0.159. The SMILES string of the molecule is Cc1nnc(C(C)(C)C)s1. The summed E-state index contributed by atoms with van der Waals surface area (Å²) in [6, 6.07) is 0. The molecule has 1 heterocycles. The van der Waals surface area contributed by atoms with Crippen LogP contribution < -0.4 is 0 Å². The predicted octanol–water partition coefficient (Wildman–Crippen LogP) is 2.14. The molecule has 0 aliphatic carbocycles. The van der Waals surface area contributed by atoms with Crippen molar-refractivity contribution in [2.75, 3.05) is 0 Å². The zero-order chi connectivity index (χ0) is 7.78. The average molecular weight is 156 g/mol. The molecule has 56 valence electrons. The summed E-state index contributed by atoms with van der Waals surface area (Å²) in [7, 11) is 0. The molecule has 0 amide bonds. The maximum Gasteiger partial charge on any atom is 0.122 e. The van der Waals surface area contributed by atoms with E-state index in [9.17, 15) is 0 Å². The summed E-state index contributed by atoms with van der Waals surface area (Å²) < 4.78 is 0. The third kappa shape index (κ3) is 1.53. The molecule has 0 saturated carbocycles. The summed E-state index contributed by atoms with van der Waals surface area (Å²) in [5.41, 5.74) is 0.159. The molecule has 1 aromatic heterocycles. The molecule has 0 aliphatic heterocycles. The van der Waals surface area contributed by atoms with Gasteiger partial charge in [0.25, 0.3) is 0 Å². The highest BCUT2D eigenvalue weighted by Gasteiger charge is 2.17. The first kappa shape index (κ1) is 7.66. The Kier molecular flexibility index (Phi) is 1.77. The fourth-order valence-corrected chi connectivity index (χ4v) is 1.35. The van der Waals surface area contributed by atoms with Gasteiger partial charge in [0.15, 0.2) is 0 Å². The first-order chi connectivity index (χ1) is 4.50. The average Bonchev–Trinajstić information content (AvgIpc) is 2.11. The third-order valence-electron chi connectivity index (χ3n) is 1.17. The highest BCUT2D eigenvalue weighted by atomic mass is 32.1. The number of rotatable bonds is 0. The van der Waals surface area contributed by atoms with Crippen molar-refractivity contribution >= 4 is 11.3 Å². The lowest BCUT2D eigenvalue weighted by atomic mass is 9.98. The normalized spacial score (nSPS) is 12.0. The highest BCUT2D eigenvalue weighted by molar-refractivity contribution is 7.11. The summed E-state index contributed by atoms with van der Waals surface area (Å²) >= 11 is 1.67. The molecule has 3 heteroatoms. The zero-order valence-electron chi connectivity index (χ0n) is 6.80. The summed E-state index contributed by atoms with van der Waals surface area (Å²) in [6.07, 6.45) is 0. The molecule has 0 atom stereocenters. The molecule has 10 heavy (non-hydrogen) atoms. The number of hydrogen-bond donors (Lipinski definition) is 0. The second kappa shape index (κ2) is 2.31. The molecule has 0 aliphatic rings. The summed E-state index contributed by atoms with van der Waals surface area (Å²) in [5, 5.41) is 10.2. The van der Waals surface area contributed by atoms with Crippen LogP contribution in [0.4, 0.5) is 0 Å². The fraction of sp³-hybridized carbons (Fsp3) is 0.714. The molecule has 0 bridgehead atoms. The van der Waals surface area contributed by atoms with Gasteiger partial charge in [-0.3, -0.25) is 0 Å². The van der Waals surface area contributed by atoms with Gasteiger partial charge in [-0.15, -0.1) is 21.5 Å². The second-order valence-electron chi connectivity index (χ2n) is 3.38. The lowest BCUT2D eigenvalue weighted by molar-refractivity contribution is 0.578. The number of hydrogen-bond acceptors (Lipinski definition) is 3.